The van der Waals surface area contributed by atoms with Gasteiger partial charge >= 0.3 is 0 Å². The molecule has 0 aromatic heterocycles. The molecule has 2 bridgehead atoms. The lowest BCUT2D eigenvalue weighted by atomic mass is 9.85. The Morgan fingerprint density at radius 1 is 1.44 bits per heavy atom. The number of hydrogen-bond donors (Lipinski definition) is 3. The van der Waals surface area contributed by atoms with Crippen LogP contribution in [0.5, 0.6) is 0 Å². The molecular formula is C10H18O6. The molecule has 0 amide bonds. The van der Waals surface area contributed by atoms with Crippen LogP contribution in [0.2, 0.25) is 0 Å². The van der Waals surface area contributed by atoms with Crippen LogP contribution in [0.3, 0.4) is 0 Å². The van der Waals surface area contributed by atoms with Gasteiger partial charge in [0, 0.05) is 0 Å². The summed E-state index contributed by atoms with van der Waals surface area (Å²) in [4.78, 5) is 0. The second-order valence-corrected chi connectivity index (χ2v) is 4.61. The van der Waals surface area contributed by atoms with Gasteiger partial charge in [-0.1, -0.05) is 0 Å². The van der Waals surface area contributed by atoms with E-state index < -0.39 is 36.8 Å². The number of aliphatic hydroxyl groups is 3. The predicted octanol–water partition coefficient (Wildman–Crippen LogP) is -1.38. The quantitative estimate of drug-likeness (QED) is 0.558. The number of aliphatic hydroxyl groups excluding tert-OH is 3. The van der Waals surface area contributed by atoms with Crippen LogP contribution < -0.4 is 0 Å². The monoisotopic (exact) mass is 234 g/mol. The molecule has 3 N–H and O–H groups in total. The Balaban J connectivity index is 2.17. The van der Waals surface area contributed by atoms with Crippen LogP contribution in [0, 0.1) is 0 Å². The van der Waals surface area contributed by atoms with Crippen molar-refractivity contribution in [3.05, 3.63) is 0 Å². The highest BCUT2D eigenvalue weighted by atomic mass is 16.7. The van der Waals surface area contributed by atoms with Crippen LogP contribution in [0.4, 0.5) is 0 Å². The van der Waals surface area contributed by atoms with E-state index in [9.17, 15) is 15.3 Å². The molecule has 94 valence electrons. The third kappa shape index (κ3) is 1.75. The number of ether oxygens (including phenoxy) is 3. The number of rotatable bonds is 3. The Bertz CT molecular complexity index is 258. The van der Waals surface area contributed by atoms with Crippen LogP contribution >= 0.6 is 0 Å². The van der Waals surface area contributed by atoms with Gasteiger partial charge in [-0.05, 0) is 13.8 Å². The molecule has 3 aliphatic rings. The summed E-state index contributed by atoms with van der Waals surface area (Å²) in [5, 5.41) is 28.9. The van der Waals surface area contributed by atoms with Gasteiger partial charge in [-0.15, -0.1) is 0 Å². The maximum Gasteiger partial charge on any atom is 0.187 e. The van der Waals surface area contributed by atoms with E-state index in [1.807, 2.05) is 13.8 Å². The van der Waals surface area contributed by atoms with E-state index in [1.54, 1.807) is 0 Å². The van der Waals surface area contributed by atoms with E-state index in [-0.39, 0.29) is 12.7 Å². The largest absolute Gasteiger partial charge is 0.393 e. The van der Waals surface area contributed by atoms with Gasteiger partial charge in [0.2, 0.25) is 0 Å². The first-order chi connectivity index (χ1) is 7.50. The summed E-state index contributed by atoms with van der Waals surface area (Å²) in [5.74, 6) is 0. The van der Waals surface area contributed by atoms with E-state index in [1.165, 1.54) is 0 Å². The van der Waals surface area contributed by atoms with Crippen LogP contribution in [0.15, 0.2) is 0 Å². The van der Waals surface area contributed by atoms with Crippen molar-refractivity contribution in [1.29, 1.82) is 0 Å². The first-order valence-electron chi connectivity index (χ1n) is 5.42. The fourth-order valence-electron chi connectivity index (χ4n) is 2.10. The molecule has 3 fully saturated rings. The molecule has 0 unspecified atom stereocenters. The van der Waals surface area contributed by atoms with Gasteiger partial charge in [0.1, 0.15) is 23.9 Å². The molecule has 0 aromatic rings. The molecule has 0 saturated carbocycles. The van der Waals surface area contributed by atoms with Crippen molar-refractivity contribution in [2.24, 2.45) is 0 Å². The van der Waals surface area contributed by atoms with Gasteiger partial charge in [0.15, 0.2) is 6.29 Å². The molecular weight excluding hydrogens is 216 g/mol. The Kier molecular flexibility index (Phi) is 3.22. The van der Waals surface area contributed by atoms with E-state index >= 15 is 0 Å². The molecule has 0 spiro atoms. The average molecular weight is 234 g/mol. The zero-order chi connectivity index (χ0) is 11.9. The maximum absolute atomic E-state index is 9.80. The molecule has 0 aliphatic carbocycles. The van der Waals surface area contributed by atoms with Crippen LogP contribution in [-0.2, 0) is 14.2 Å². The van der Waals surface area contributed by atoms with E-state index in [2.05, 4.69) is 0 Å². The van der Waals surface area contributed by atoms with Gasteiger partial charge in [-0.2, -0.15) is 0 Å². The van der Waals surface area contributed by atoms with Crippen molar-refractivity contribution in [2.75, 3.05) is 13.2 Å². The van der Waals surface area contributed by atoms with E-state index in [0.717, 1.165) is 0 Å². The Morgan fingerprint density at radius 2 is 2.12 bits per heavy atom. The fourth-order valence-corrected chi connectivity index (χ4v) is 2.10. The van der Waals surface area contributed by atoms with Gasteiger partial charge in [0.05, 0.1) is 19.3 Å². The van der Waals surface area contributed by atoms with Crippen molar-refractivity contribution in [2.45, 2.75) is 50.2 Å². The zero-order valence-corrected chi connectivity index (χ0v) is 9.37. The number of fused-ring (bicyclic) bond motifs is 3. The molecule has 3 saturated heterocycles. The summed E-state index contributed by atoms with van der Waals surface area (Å²) in [6.07, 6.45) is -3.79. The van der Waals surface area contributed by atoms with E-state index in [4.69, 9.17) is 14.2 Å². The van der Waals surface area contributed by atoms with Crippen LogP contribution in [0.1, 0.15) is 13.8 Å². The SMILES string of the molecule is CC(C)O[C@@H]1O[C@@]2(CO)CO[C@@H]1[C@@H](O)[C@@H]2O. The molecule has 0 aromatic carbocycles. The highest BCUT2D eigenvalue weighted by Crippen LogP contribution is 2.38. The number of hydrogen-bond acceptors (Lipinski definition) is 6. The zero-order valence-electron chi connectivity index (χ0n) is 9.37. The van der Waals surface area contributed by atoms with Gasteiger partial charge < -0.3 is 29.5 Å². The molecule has 3 rings (SSSR count). The smallest absolute Gasteiger partial charge is 0.187 e. The second-order valence-electron chi connectivity index (χ2n) is 4.61. The lowest BCUT2D eigenvalue weighted by molar-refractivity contribution is -0.401. The maximum atomic E-state index is 9.80. The predicted molar refractivity (Wildman–Crippen MR) is 52.7 cm³/mol. The Morgan fingerprint density at radius 3 is 2.69 bits per heavy atom. The lowest BCUT2D eigenvalue weighted by Gasteiger charge is -2.54. The summed E-state index contributed by atoms with van der Waals surface area (Å²) in [7, 11) is 0. The van der Waals surface area contributed by atoms with Gasteiger partial charge in [0.25, 0.3) is 0 Å². The molecule has 3 heterocycles. The Labute approximate surface area is 93.7 Å². The summed E-state index contributed by atoms with van der Waals surface area (Å²) in [5.41, 5.74) is -1.27. The summed E-state index contributed by atoms with van der Waals surface area (Å²) in [6, 6.07) is 0. The minimum absolute atomic E-state index is 0.0599. The topological polar surface area (TPSA) is 88.4 Å². The molecule has 0 radical (unpaired) electrons. The van der Waals surface area contributed by atoms with Crippen molar-refractivity contribution in [3.8, 4) is 0 Å². The average Bonchev–Trinajstić information content (AvgIpc) is 2.24. The summed E-state index contributed by atoms with van der Waals surface area (Å²) >= 11 is 0. The summed E-state index contributed by atoms with van der Waals surface area (Å²) in [6.45, 7) is 3.31. The molecule has 16 heavy (non-hydrogen) atoms. The third-order valence-corrected chi connectivity index (χ3v) is 3.01. The molecule has 3 aliphatic heterocycles. The standard InChI is InChI=1S/C10H18O6/c1-5(2)15-9-7-6(12)8(13)10(3-11,16-9)4-14-7/h5-9,11-13H,3-4H2,1-2H3/t6-,7-,8+,9-,10+/m1/s1. The van der Waals surface area contributed by atoms with E-state index in [0.29, 0.717) is 0 Å². The Hall–Kier alpha value is -0.240. The van der Waals surface area contributed by atoms with Crippen molar-refractivity contribution < 1.29 is 29.5 Å². The minimum atomic E-state index is -1.27. The normalized spacial score (nSPS) is 47.6. The fraction of sp³-hybridized carbons (Fsp3) is 1.00. The molecule has 6 heteroatoms. The third-order valence-electron chi connectivity index (χ3n) is 3.01. The van der Waals surface area contributed by atoms with Crippen molar-refractivity contribution in [3.63, 3.8) is 0 Å². The van der Waals surface area contributed by atoms with Gasteiger partial charge in [-0.3, -0.25) is 0 Å². The first kappa shape index (κ1) is 12.2. The highest BCUT2D eigenvalue weighted by molar-refractivity contribution is 5.04. The van der Waals surface area contributed by atoms with Crippen LogP contribution in [-0.4, -0.2) is 64.8 Å². The highest BCUT2D eigenvalue weighted by Gasteiger charge is 2.59. The first-order valence-corrected chi connectivity index (χ1v) is 5.42. The minimum Gasteiger partial charge on any atom is -0.393 e. The second kappa shape index (κ2) is 4.21. The molecule has 5 atom stereocenters. The summed E-state index contributed by atoms with van der Waals surface area (Å²) < 4.78 is 16.3. The molecule has 6 nitrogen and oxygen atoms in total. The van der Waals surface area contributed by atoms with Crippen molar-refractivity contribution in [1.82, 2.24) is 0 Å². The lowest BCUT2D eigenvalue weighted by Crippen LogP contribution is -2.73. The van der Waals surface area contributed by atoms with Gasteiger partial charge in [-0.25, -0.2) is 0 Å². The van der Waals surface area contributed by atoms with Crippen LogP contribution in [0.25, 0.3) is 0 Å². The van der Waals surface area contributed by atoms with Crippen molar-refractivity contribution >= 4 is 0 Å².